The molecule has 4 rings (SSSR count). The van der Waals surface area contributed by atoms with Gasteiger partial charge < -0.3 is 29.7 Å². The van der Waals surface area contributed by atoms with Crippen molar-refractivity contribution in [2.45, 2.75) is 13.1 Å². The normalized spacial score (nSPS) is 16.6. The van der Waals surface area contributed by atoms with Crippen LogP contribution in [0.5, 0.6) is 17.2 Å². The van der Waals surface area contributed by atoms with Gasteiger partial charge in [-0.25, -0.2) is 0 Å². The lowest BCUT2D eigenvalue weighted by atomic mass is 10.1. The molecule has 0 saturated carbocycles. The van der Waals surface area contributed by atoms with Crippen LogP contribution in [0.2, 0.25) is 0 Å². The molecule has 0 bridgehead atoms. The number of nitrogens with one attached hydrogen (secondary N) is 2. The Labute approximate surface area is 181 Å². The highest BCUT2D eigenvalue weighted by Gasteiger charge is 2.23. The Hall–Kier alpha value is -3.87. The second-order valence-electron chi connectivity index (χ2n) is 7.25. The van der Waals surface area contributed by atoms with E-state index in [1.54, 1.807) is 12.1 Å². The minimum atomic E-state index is -0.274. The molecule has 1 amide bonds. The molecule has 0 spiro atoms. The maximum Gasteiger partial charge on any atom is 0.255 e. The highest BCUT2D eigenvalue weighted by Crippen LogP contribution is 2.38. The van der Waals surface area contributed by atoms with Gasteiger partial charge in [-0.05, 0) is 48.9 Å². The van der Waals surface area contributed by atoms with Crippen LogP contribution in [-0.2, 0) is 0 Å². The van der Waals surface area contributed by atoms with E-state index >= 15 is 0 Å². The van der Waals surface area contributed by atoms with E-state index in [-0.39, 0.29) is 12.1 Å². The molecule has 1 atom stereocenters. The average Bonchev–Trinajstić information content (AvgIpc) is 3.21. The highest BCUT2D eigenvalue weighted by atomic mass is 16.5. The molecule has 0 saturated heterocycles. The fourth-order valence-corrected chi connectivity index (χ4v) is 3.61. The van der Waals surface area contributed by atoms with Crippen molar-refractivity contribution >= 4 is 17.3 Å². The third kappa shape index (κ3) is 4.07. The van der Waals surface area contributed by atoms with Crippen molar-refractivity contribution in [3.8, 4) is 17.2 Å². The van der Waals surface area contributed by atoms with Crippen LogP contribution in [0.1, 0.15) is 22.8 Å². The molecule has 2 heterocycles. The summed E-state index contributed by atoms with van der Waals surface area (Å²) in [5.41, 5.74) is 4.28. The largest absolute Gasteiger partial charge is 0.493 e. The number of fused-ring (bicyclic) bond motifs is 1. The average molecular weight is 419 g/mol. The molecule has 2 aliphatic heterocycles. The lowest BCUT2D eigenvalue weighted by Crippen LogP contribution is -2.32. The van der Waals surface area contributed by atoms with Crippen molar-refractivity contribution < 1.29 is 19.0 Å². The SMILES string of the molecule is COc1cc(C(=O)Nc2cccc(C3=CN4C=CC(C)=CC4N3)c2)cc(OC)c1OC. The Bertz CT molecular complexity index is 1080. The van der Waals surface area contributed by atoms with Gasteiger partial charge >= 0.3 is 0 Å². The lowest BCUT2D eigenvalue weighted by Gasteiger charge is -2.22. The van der Waals surface area contributed by atoms with E-state index < -0.39 is 0 Å². The number of hydrogen-bond donors (Lipinski definition) is 2. The van der Waals surface area contributed by atoms with Crippen molar-refractivity contribution in [3.63, 3.8) is 0 Å². The van der Waals surface area contributed by atoms with Crippen molar-refractivity contribution in [1.29, 1.82) is 0 Å². The van der Waals surface area contributed by atoms with E-state index in [0.717, 1.165) is 11.3 Å². The summed E-state index contributed by atoms with van der Waals surface area (Å²) >= 11 is 0. The smallest absolute Gasteiger partial charge is 0.255 e. The molecular formula is C24H25N3O4. The molecule has 2 aliphatic rings. The van der Waals surface area contributed by atoms with Gasteiger partial charge in [-0.2, -0.15) is 0 Å². The van der Waals surface area contributed by atoms with Gasteiger partial charge in [0, 0.05) is 29.2 Å². The standard InChI is InChI=1S/C24H25N3O4/c1-15-8-9-27-14-19(26-22(27)10-15)16-6-5-7-18(11-16)25-24(28)17-12-20(29-2)23(31-4)21(13-17)30-3/h5-14,22,26H,1-4H3,(H,25,28). The summed E-state index contributed by atoms with van der Waals surface area (Å²) in [6.45, 7) is 2.08. The molecule has 1 unspecified atom stereocenters. The number of ether oxygens (including phenoxy) is 3. The Morgan fingerprint density at radius 2 is 1.81 bits per heavy atom. The molecule has 7 heteroatoms. The van der Waals surface area contributed by atoms with E-state index in [9.17, 15) is 4.79 Å². The quantitative estimate of drug-likeness (QED) is 0.738. The second kappa shape index (κ2) is 8.47. The topological polar surface area (TPSA) is 72.1 Å². The van der Waals surface area contributed by atoms with Crippen molar-refractivity contribution in [1.82, 2.24) is 10.2 Å². The molecule has 31 heavy (non-hydrogen) atoms. The van der Waals surface area contributed by atoms with Crippen LogP contribution >= 0.6 is 0 Å². The Morgan fingerprint density at radius 3 is 2.48 bits per heavy atom. The highest BCUT2D eigenvalue weighted by molar-refractivity contribution is 6.05. The summed E-state index contributed by atoms with van der Waals surface area (Å²) in [6.07, 6.45) is 8.46. The van der Waals surface area contributed by atoms with Crippen LogP contribution < -0.4 is 24.8 Å². The number of nitrogens with zero attached hydrogens (tertiary/aromatic N) is 1. The maximum atomic E-state index is 12.9. The minimum absolute atomic E-state index is 0.109. The molecule has 2 aromatic rings. The van der Waals surface area contributed by atoms with E-state index in [2.05, 4.69) is 47.0 Å². The summed E-state index contributed by atoms with van der Waals surface area (Å²) in [5.74, 6) is 1.02. The van der Waals surface area contributed by atoms with Gasteiger partial charge in [-0.1, -0.05) is 12.1 Å². The monoisotopic (exact) mass is 419 g/mol. The fourth-order valence-electron chi connectivity index (χ4n) is 3.61. The Kier molecular flexibility index (Phi) is 5.58. The molecular weight excluding hydrogens is 394 g/mol. The minimum Gasteiger partial charge on any atom is -0.493 e. The molecule has 0 aliphatic carbocycles. The number of rotatable bonds is 6. The number of carbonyl (C=O) groups excluding carboxylic acids is 1. The van der Waals surface area contributed by atoms with E-state index in [1.807, 2.05) is 24.3 Å². The molecule has 2 N–H and O–H groups in total. The number of anilines is 1. The van der Waals surface area contributed by atoms with Crippen LogP contribution in [0.25, 0.3) is 5.70 Å². The third-order valence-electron chi connectivity index (χ3n) is 5.19. The van der Waals surface area contributed by atoms with Gasteiger partial charge in [0.25, 0.3) is 5.91 Å². The number of benzene rings is 2. The number of allylic oxidation sites excluding steroid dienone is 2. The molecule has 0 aromatic heterocycles. The number of carbonyl (C=O) groups is 1. The summed E-state index contributed by atoms with van der Waals surface area (Å²) in [4.78, 5) is 15.0. The first-order valence-electron chi connectivity index (χ1n) is 9.86. The van der Waals surface area contributed by atoms with Gasteiger partial charge in [0.05, 0.1) is 27.0 Å². The van der Waals surface area contributed by atoms with E-state index in [4.69, 9.17) is 14.2 Å². The van der Waals surface area contributed by atoms with Crippen LogP contribution in [0.4, 0.5) is 5.69 Å². The fraction of sp³-hybridized carbons (Fsp3) is 0.208. The number of amides is 1. The number of methoxy groups -OCH3 is 3. The van der Waals surface area contributed by atoms with Crippen molar-refractivity contribution in [2.75, 3.05) is 26.6 Å². The van der Waals surface area contributed by atoms with Gasteiger partial charge in [-0.15, -0.1) is 0 Å². The zero-order chi connectivity index (χ0) is 22.0. The lowest BCUT2D eigenvalue weighted by molar-refractivity contribution is 0.102. The maximum absolute atomic E-state index is 12.9. The summed E-state index contributed by atoms with van der Waals surface area (Å²) in [5, 5.41) is 6.44. The predicted molar refractivity (Wildman–Crippen MR) is 120 cm³/mol. The van der Waals surface area contributed by atoms with Crippen LogP contribution in [-0.4, -0.2) is 38.3 Å². The first kappa shape index (κ1) is 20.4. The van der Waals surface area contributed by atoms with E-state index in [1.165, 1.54) is 26.9 Å². The first-order chi connectivity index (χ1) is 15.0. The third-order valence-corrected chi connectivity index (χ3v) is 5.19. The van der Waals surface area contributed by atoms with Crippen LogP contribution in [0, 0.1) is 0 Å². The van der Waals surface area contributed by atoms with Crippen molar-refractivity contribution in [2.24, 2.45) is 0 Å². The Morgan fingerprint density at radius 1 is 1.06 bits per heavy atom. The van der Waals surface area contributed by atoms with Crippen LogP contribution in [0.15, 0.2) is 66.5 Å². The van der Waals surface area contributed by atoms with Gasteiger partial charge in [-0.3, -0.25) is 4.79 Å². The van der Waals surface area contributed by atoms with Crippen LogP contribution in [0.3, 0.4) is 0 Å². The Balaban J connectivity index is 1.55. The summed E-state index contributed by atoms with van der Waals surface area (Å²) < 4.78 is 16.0. The van der Waals surface area contributed by atoms with E-state index in [0.29, 0.717) is 28.5 Å². The molecule has 2 aromatic carbocycles. The van der Waals surface area contributed by atoms with Gasteiger partial charge in [0.15, 0.2) is 11.5 Å². The predicted octanol–water partition coefficient (Wildman–Crippen LogP) is 3.97. The zero-order valence-electron chi connectivity index (χ0n) is 17.9. The van der Waals surface area contributed by atoms with Gasteiger partial charge in [0.2, 0.25) is 5.75 Å². The number of hydrogen-bond acceptors (Lipinski definition) is 6. The zero-order valence-corrected chi connectivity index (χ0v) is 17.9. The molecule has 0 fully saturated rings. The summed E-state index contributed by atoms with van der Waals surface area (Å²) in [6, 6.07) is 11.0. The van der Waals surface area contributed by atoms with Crippen molar-refractivity contribution in [3.05, 3.63) is 77.7 Å². The first-order valence-corrected chi connectivity index (χ1v) is 9.86. The molecule has 0 radical (unpaired) electrons. The summed E-state index contributed by atoms with van der Waals surface area (Å²) in [7, 11) is 4.56. The molecule has 160 valence electrons. The van der Waals surface area contributed by atoms with Gasteiger partial charge in [0.1, 0.15) is 6.17 Å². The second-order valence-corrected chi connectivity index (χ2v) is 7.25. The molecule has 7 nitrogen and oxygen atoms in total.